The minimum atomic E-state index is -0.0624. The topological polar surface area (TPSA) is 63.1 Å². The van der Waals surface area contributed by atoms with Gasteiger partial charge in [0.25, 0.3) is 0 Å². The number of benzene rings is 2. The fourth-order valence-electron chi connectivity index (χ4n) is 3.55. The molecule has 1 fully saturated rings. The van der Waals surface area contributed by atoms with E-state index in [1.54, 1.807) is 0 Å². The van der Waals surface area contributed by atoms with Crippen molar-refractivity contribution in [3.63, 3.8) is 0 Å². The molecule has 1 aliphatic rings. The van der Waals surface area contributed by atoms with Gasteiger partial charge in [-0.2, -0.15) is 0 Å². The van der Waals surface area contributed by atoms with Gasteiger partial charge in [0.2, 0.25) is 5.91 Å². The van der Waals surface area contributed by atoms with Crippen molar-refractivity contribution in [1.29, 1.82) is 0 Å². The molecule has 0 bridgehead atoms. The van der Waals surface area contributed by atoms with Crippen molar-refractivity contribution >= 4 is 40.6 Å². The maximum Gasteiger partial charge on any atom is 0.234 e. The lowest BCUT2D eigenvalue weighted by Crippen LogP contribution is -2.18. The fraction of sp³-hybridized carbons (Fsp3) is 0.318. The number of carbonyl (C=O) groups is 1. The van der Waals surface area contributed by atoms with Gasteiger partial charge < -0.3 is 14.8 Å². The van der Waals surface area contributed by atoms with E-state index >= 15 is 0 Å². The average molecular weight is 442 g/mol. The van der Waals surface area contributed by atoms with Crippen molar-refractivity contribution in [3.8, 4) is 11.4 Å². The third-order valence-electron chi connectivity index (χ3n) is 5.09. The highest BCUT2D eigenvalue weighted by Crippen LogP contribution is 2.26. The fourth-order valence-corrected chi connectivity index (χ4v) is 4.48. The van der Waals surface area contributed by atoms with Gasteiger partial charge in [-0.1, -0.05) is 23.4 Å². The van der Waals surface area contributed by atoms with Gasteiger partial charge in [0.15, 0.2) is 11.0 Å². The first kappa shape index (κ1) is 20.8. The normalized spacial score (nSPS) is 13.6. The zero-order valence-corrected chi connectivity index (χ0v) is 18.4. The minimum Gasteiger partial charge on any atom is -0.372 e. The summed E-state index contributed by atoms with van der Waals surface area (Å²) in [4.78, 5) is 14.8. The molecule has 0 aliphatic carbocycles. The third-order valence-corrected chi connectivity index (χ3v) is 6.31. The van der Waals surface area contributed by atoms with E-state index in [0.29, 0.717) is 11.6 Å². The highest BCUT2D eigenvalue weighted by Gasteiger charge is 2.15. The minimum absolute atomic E-state index is 0.0624. The number of halogens is 1. The largest absolute Gasteiger partial charge is 0.372 e. The van der Waals surface area contributed by atoms with Crippen LogP contribution in [0.15, 0.2) is 53.7 Å². The van der Waals surface area contributed by atoms with E-state index in [1.165, 1.54) is 30.3 Å². The van der Waals surface area contributed by atoms with Crippen LogP contribution in [0.3, 0.4) is 0 Å². The zero-order chi connectivity index (χ0) is 20.9. The summed E-state index contributed by atoms with van der Waals surface area (Å²) in [5.74, 6) is 0.981. The number of nitrogens with zero attached hydrogens (tertiary/aromatic N) is 4. The molecule has 1 amide bonds. The Hall–Kier alpha value is -2.51. The Morgan fingerprint density at radius 3 is 2.43 bits per heavy atom. The molecular weight excluding hydrogens is 418 g/mol. The van der Waals surface area contributed by atoms with Gasteiger partial charge in [0.05, 0.1) is 5.75 Å². The molecule has 30 heavy (non-hydrogen) atoms. The summed E-state index contributed by atoms with van der Waals surface area (Å²) in [5, 5.41) is 13.0. The highest BCUT2D eigenvalue weighted by molar-refractivity contribution is 7.99. The Kier molecular flexibility index (Phi) is 6.59. The number of hydrogen-bond acceptors (Lipinski definition) is 5. The number of carbonyl (C=O) groups excluding carboxylic acids is 1. The quantitative estimate of drug-likeness (QED) is 0.525. The predicted molar refractivity (Wildman–Crippen MR) is 123 cm³/mol. The highest BCUT2D eigenvalue weighted by atomic mass is 35.5. The molecule has 0 unspecified atom stereocenters. The lowest BCUT2D eigenvalue weighted by Gasteiger charge is -2.17. The van der Waals surface area contributed by atoms with Crippen LogP contribution in [0.5, 0.6) is 0 Å². The van der Waals surface area contributed by atoms with Crippen LogP contribution in [-0.2, 0) is 11.3 Å². The number of hydrogen-bond donors (Lipinski definition) is 1. The van der Waals surface area contributed by atoms with Crippen molar-refractivity contribution in [3.05, 3.63) is 53.6 Å². The summed E-state index contributed by atoms with van der Waals surface area (Å²) >= 11 is 7.36. The number of thioether (sulfide) groups is 1. The maximum atomic E-state index is 12.4. The summed E-state index contributed by atoms with van der Waals surface area (Å²) in [5.41, 5.74) is 2.97. The molecule has 8 heteroatoms. The van der Waals surface area contributed by atoms with Crippen molar-refractivity contribution in [2.45, 2.75) is 31.5 Å². The molecule has 0 radical (unpaired) electrons. The van der Waals surface area contributed by atoms with Gasteiger partial charge in [-0.15, -0.1) is 10.2 Å². The molecule has 1 aliphatic heterocycles. The Bertz CT molecular complexity index is 997. The van der Waals surface area contributed by atoms with E-state index in [1.807, 2.05) is 47.9 Å². The van der Waals surface area contributed by atoms with E-state index in [-0.39, 0.29) is 11.7 Å². The number of amides is 1. The smallest absolute Gasteiger partial charge is 0.234 e. The van der Waals surface area contributed by atoms with E-state index in [9.17, 15) is 4.79 Å². The first-order chi connectivity index (χ1) is 14.6. The van der Waals surface area contributed by atoms with Gasteiger partial charge in [-0.05, 0) is 68.3 Å². The van der Waals surface area contributed by atoms with Crippen molar-refractivity contribution in [2.75, 3.05) is 29.1 Å². The average Bonchev–Trinajstić information content (AvgIpc) is 3.43. The van der Waals surface area contributed by atoms with Crippen LogP contribution in [0.2, 0.25) is 5.02 Å². The number of nitrogens with one attached hydrogen (secondary N) is 1. The zero-order valence-electron chi connectivity index (χ0n) is 16.8. The Labute approximate surface area is 185 Å². The second-order valence-electron chi connectivity index (χ2n) is 7.14. The molecule has 4 rings (SSSR count). The van der Waals surface area contributed by atoms with Crippen LogP contribution in [0.1, 0.15) is 19.8 Å². The Morgan fingerprint density at radius 1 is 1.07 bits per heavy atom. The molecule has 1 aromatic heterocycles. The number of anilines is 2. The second-order valence-corrected chi connectivity index (χ2v) is 8.51. The van der Waals surface area contributed by atoms with Crippen LogP contribution in [0, 0.1) is 0 Å². The summed E-state index contributed by atoms with van der Waals surface area (Å²) in [6, 6.07) is 15.6. The van der Waals surface area contributed by atoms with Crippen molar-refractivity contribution in [2.24, 2.45) is 0 Å². The molecule has 3 aromatic rings. The van der Waals surface area contributed by atoms with E-state index in [4.69, 9.17) is 11.6 Å². The van der Waals surface area contributed by atoms with E-state index < -0.39 is 0 Å². The van der Waals surface area contributed by atoms with Gasteiger partial charge in [-0.25, -0.2) is 0 Å². The molecule has 1 N–H and O–H groups in total. The van der Waals surface area contributed by atoms with Gasteiger partial charge in [-0.3, -0.25) is 4.79 Å². The first-order valence-electron chi connectivity index (χ1n) is 10.1. The van der Waals surface area contributed by atoms with Gasteiger partial charge in [0.1, 0.15) is 0 Å². The molecule has 2 heterocycles. The molecule has 0 spiro atoms. The van der Waals surface area contributed by atoms with Gasteiger partial charge >= 0.3 is 0 Å². The molecule has 156 valence electrons. The van der Waals surface area contributed by atoms with Crippen molar-refractivity contribution < 1.29 is 4.79 Å². The third kappa shape index (κ3) is 4.79. The van der Waals surface area contributed by atoms with Crippen LogP contribution in [-0.4, -0.2) is 39.5 Å². The van der Waals surface area contributed by atoms with Crippen LogP contribution in [0.4, 0.5) is 11.4 Å². The van der Waals surface area contributed by atoms with E-state index in [0.717, 1.165) is 35.3 Å². The lowest BCUT2D eigenvalue weighted by molar-refractivity contribution is -0.113. The monoisotopic (exact) mass is 441 g/mol. The SMILES string of the molecule is CCn1c(SCC(=O)Nc2ccc(N3CCCC3)cc2)nnc1-c1ccc(Cl)cc1. The first-order valence-corrected chi connectivity index (χ1v) is 11.5. The lowest BCUT2D eigenvalue weighted by atomic mass is 10.2. The number of aromatic nitrogens is 3. The summed E-state index contributed by atoms with van der Waals surface area (Å²) in [7, 11) is 0. The van der Waals surface area contributed by atoms with Crippen LogP contribution in [0.25, 0.3) is 11.4 Å². The number of rotatable bonds is 7. The van der Waals surface area contributed by atoms with E-state index in [2.05, 4.69) is 32.5 Å². The van der Waals surface area contributed by atoms with Crippen LogP contribution < -0.4 is 10.2 Å². The predicted octanol–water partition coefficient (Wildman–Crippen LogP) is 4.95. The Balaban J connectivity index is 1.36. The molecular formula is C22H24ClN5OS. The Morgan fingerprint density at radius 2 is 1.77 bits per heavy atom. The summed E-state index contributed by atoms with van der Waals surface area (Å²) in [6.07, 6.45) is 2.50. The van der Waals surface area contributed by atoms with Gasteiger partial charge in [0, 0.05) is 41.6 Å². The van der Waals surface area contributed by atoms with Crippen LogP contribution >= 0.6 is 23.4 Å². The molecule has 6 nitrogen and oxygen atoms in total. The maximum absolute atomic E-state index is 12.4. The molecule has 0 saturated carbocycles. The second kappa shape index (κ2) is 9.53. The summed E-state index contributed by atoms with van der Waals surface area (Å²) in [6.45, 7) is 4.97. The molecule has 0 atom stereocenters. The summed E-state index contributed by atoms with van der Waals surface area (Å²) < 4.78 is 2.01. The standard InChI is InChI=1S/C22H24ClN5OS/c1-2-28-21(16-5-7-17(23)8-6-16)25-26-22(28)30-15-20(29)24-18-9-11-19(12-10-18)27-13-3-4-14-27/h5-12H,2-4,13-15H2,1H3,(H,24,29). The molecule has 2 aromatic carbocycles. The van der Waals surface area contributed by atoms with Crippen molar-refractivity contribution in [1.82, 2.24) is 14.8 Å². The molecule has 1 saturated heterocycles.